The zero-order valence-electron chi connectivity index (χ0n) is 9.03. The molecule has 0 bridgehead atoms. The van der Waals surface area contributed by atoms with Crippen molar-refractivity contribution in [1.82, 2.24) is 5.32 Å². The van der Waals surface area contributed by atoms with Gasteiger partial charge in [0.1, 0.15) is 0 Å². The Labute approximate surface area is 94.2 Å². The molecular weight excluding hydrogens is 206 g/mol. The molecule has 1 atom stereocenters. The van der Waals surface area contributed by atoms with Gasteiger partial charge in [-0.1, -0.05) is 6.42 Å². The normalized spacial score (nSPS) is 23.4. The molecule has 2 aliphatic rings. The van der Waals surface area contributed by atoms with E-state index in [0.717, 1.165) is 18.5 Å². The Kier molecular flexibility index (Phi) is 2.36. The van der Waals surface area contributed by atoms with Crippen molar-refractivity contribution in [2.75, 3.05) is 13.3 Å². The molecule has 0 amide bonds. The Morgan fingerprint density at radius 3 is 3.00 bits per heavy atom. The zero-order valence-corrected chi connectivity index (χ0v) is 9.03. The largest absolute Gasteiger partial charge is 0.504 e. The molecule has 1 aromatic carbocycles. The monoisotopic (exact) mass is 221 g/mol. The molecular formula is C12H15NO3. The maximum absolute atomic E-state index is 10.1. The Bertz CT molecular complexity index is 399. The van der Waals surface area contributed by atoms with E-state index in [1.807, 2.05) is 12.1 Å². The predicted octanol–water partition coefficient (Wildman–Crippen LogP) is 1.94. The fraction of sp³-hybridized carbons (Fsp3) is 0.500. The highest BCUT2D eigenvalue weighted by Crippen LogP contribution is 2.45. The summed E-state index contributed by atoms with van der Waals surface area (Å²) < 4.78 is 10.5. The van der Waals surface area contributed by atoms with E-state index >= 15 is 0 Å². The van der Waals surface area contributed by atoms with E-state index in [9.17, 15) is 5.11 Å². The number of nitrogens with one attached hydrogen (secondary N) is 1. The second kappa shape index (κ2) is 3.87. The molecule has 1 aromatic rings. The summed E-state index contributed by atoms with van der Waals surface area (Å²) in [5.41, 5.74) is 0.920. The molecule has 4 nitrogen and oxygen atoms in total. The number of rotatable bonds is 1. The van der Waals surface area contributed by atoms with Gasteiger partial charge in [0, 0.05) is 11.6 Å². The number of piperidine rings is 1. The molecule has 3 rings (SSSR count). The Morgan fingerprint density at radius 2 is 2.19 bits per heavy atom. The van der Waals surface area contributed by atoms with Crippen LogP contribution in [0.5, 0.6) is 17.2 Å². The molecule has 1 unspecified atom stereocenters. The van der Waals surface area contributed by atoms with Crippen LogP contribution < -0.4 is 14.8 Å². The summed E-state index contributed by atoms with van der Waals surface area (Å²) >= 11 is 0. The minimum Gasteiger partial charge on any atom is -0.504 e. The van der Waals surface area contributed by atoms with E-state index in [4.69, 9.17) is 9.47 Å². The van der Waals surface area contributed by atoms with Crippen LogP contribution in [0.2, 0.25) is 0 Å². The second-order valence-corrected chi connectivity index (χ2v) is 4.24. The summed E-state index contributed by atoms with van der Waals surface area (Å²) in [4.78, 5) is 0. The average molecular weight is 221 g/mol. The van der Waals surface area contributed by atoms with Crippen molar-refractivity contribution in [3.05, 3.63) is 17.7 Å². The third-order valence-electron chi connectivity index (χ3n) is 3.23. The molecule has 1 saturated heterocycles. The quantitative estimate of drug-likeness (QED) is 0.761. The van der Waals surface area contributed by atoms with Crippen LogP contribution in [0.25, 0.3) is 0 Å². The summed E-state index contributed by atoms with van der Waals surface area (Å²) in [6.07, 6.45) is 3.47. The maximum Gasteiger partial charge on any atom is 0.231 e. The van der Waals surface area contributed by atoms with Gasteiger partial charge in [0.2, 0.25) is 12.5 Å². The minimum atomic E-state index is 0.199. The maximum atomic E-state index is 10.1. The SMILES string of the molecule is Oc1c(C2CCCCN2)ccc2c1OCO2. The van der Waals surface area contributed by atoms with Crippen LogP contribution in [0.15, 0.2) is 12.1 Å². The highest BCUT2D eigenvalue weighted by Gasteiger charge is 2.25. The Balaban J connectivity index is 1.95. The number of ether oxygens (including phenoxy) is 2. The number of fused-ring (bicyclic) bond motifs is 1. The van der Waals surface area contributed by atoms with E-state index in [-0.39, 0.29) is 18.6 Å². The third kappa shape index (κ3) is 1.50. The lowest BCUT2D eigenvalue weighted by Gasteiger charge is -2.24. The van der Waals surface area contributed by atoms with Crippen molar-refractivity contribution >= 4 is 0 Å². The van der Waals surface area contributed by atoms with Gasteiger partial charge in [0.05, 0.1) is 0 Å². The van der Waals surface area contributed by atoms with Crippen LogP contribution in [-0.2, 0) is 0 Å². The molecule has 0 aliphatic carbocycles. The van der Waals surface area contributed by atoms with Gasteiger partial charge >= 0.3 is 0 Å². The summed E-state index contributed by atoms with van der Waals surface area (Å²) in [5, 5.41) is 13.5. The van der Waals surface area contributed by atoms with Crippen LogP contribution in [0.4, 0.5) is 0 Å². The molecule has 16 heavy (non-hydrogen) atoms. The first-order valence-corrected chi connectivity index (χ1v) is 5.71. The molecule has 0 saturated carbocycles. The Morgan fingerprint density at radius 1 is 1.25 bits per heavy atom. The topological polar surface area (TPSA) is 50.7 Å². The number of phenols is 1. The van der Waals surface area contributed by atoms with Gasteiger partial charge in [0.25, 0.3) is 0 Å². The molecule has 2 aliphatic heterocycles. The second-order valence-electron chi connectivity index (χ2n) is 4.24. The van der Waals surface area contributed by atoms with Gasteiger partial charge < -0.3 is 19.9 Å². The van der Waals surface area contributed by atoms with Gasteiger partial charge in [-0.25, -0.2) is 0 Å². The van der Waals surface area contributed by atoms with E-state index in [1.54, 1.807) is 0 Å². The molecule has 0 aromatic heterocycles. The van der Waals surface area contributed by atoms with E-state index < -0.39 is 0 Å². The van der Waals surface area contributed by atoms with Gasteiger partial charge in [-0.2, -0.15) is 0 Å². The van der Waals surface area contributed by atoms with Crippen molar-refractivity contribution in [1.29, 1.82) is 0 Å². The van der Waals surface area contributed by atoms with Crippen molar-refractivity contribution < 1.29 is 14.6 Å². The van der Waals surface area contributed by atoms with E-state index in [0.29, 0.717) is 11.5 Å². The first kappa shape index (κ1) is 9.78. The van der Waals surface area contributed by atoms with Crippen LogP contribution in [0.3, 0.4) is 0 Å². The van der Waals surface area contributed by atoms with Crippen LogP contribution in [-0.4, -0.2) is 18.4 Å². The molecule has 86 valence electrons. The molecule has 4 heteroatoms. The number of phenolic OH excluding ortho intramolecular Hbond substituents is 1. The molecule has 0 radical (unpaired) electrons. The fourth-order valence-corrected chi connectivity index (χ4v) is 2.37. The molecule has 0 spiro atoms. The van der Waals surface area contributed by atoms with Crippen LogP contribution in [0, 0.1) is 0 Å². The number of hydrogen-bond donors (Lipinski definition) is 2. The highest BCUT2D eigenvalue weighted by atomic mass is 16.7. The number of aromatic hydroxyl groups is 1. The predicted molar refractivity (Wildman–Crippen MR) is 58.8 cm³/mol. The zero-order chi connectivity index (χ0) is 11.0. The number of hydrogen-bond acceptors (Lipinski definition) is 4. The first-order valence-electron chi connectivity index (χ1n) is 5.71. The molecule has 1 fully saturated rings. The van der Waals surface area contributed by atoms with E-state index in [1.165, 1.54) is 12.8 Å². The van der Waals surface area contributed by atoms with Crippen molar-refractivity contribution in [2.45, 2.75) is 25.3 Å². The summed E-state index contributed by atoms with van der Waals surface area (Å²) in [7, 11) is 0. The fourth-order valence-electron chi connectivity index (χ4n) is 2.37. The van der Waals surface area contributed by atoms with Crippen LogP contribution >= 0.6 is 0 Å². The van der Waals surface area contributed by atoms with Crippen molar-refractivity contribution in [3.63, 3.8) is 0 Å². The van der Waals surface area contributed by atoms with Gasteiger partial charge in [0.15, 0.2) is 11.5 Å². The number of benzene rings is 1. The Hall–Kier alpha value is -1.42. The van der Waals surface area contributed by atoms with Gasteiger partial charge in [-0.05, 0) is 31.5 Å². The lowest BCUT2D eigenvalue weighted by Crippen LogP contribution is -2.26. The van der Waals surface area contributed by atoms with Crippen molar-refractivity contribution in [2.24, 2.45) is 0 Å². The first-order chi connectivity index (χ1) is 7.86. The lowest BCUT2D eigenvalue weighted by atomic mass is 9.96. The van der Waals surface area contributed by atoms with Gasteiger partial charge in [-0.15, -0.1) is 0 Å². The smallest absolute Gasteiger partial charge is 0.231 e. The minimum absolute atomic E-state index is 0.199. The highest BCUT2D eigenvalue weighted by molar-refractivity contribution is 5.56. The third-order valence-corrected chi connectivity index (χ3v) is 3.23. The molecule has 2 heterocycles. The average Bonchev–Trinajstić information content (AvgIpc) is 2.80. The van der Waals surface area contributed by atoms with Gasteiger partial charge in [-0.3, -0.25) is 0 Å². The van der Waals surface area contributed by atoms with E-state index in [2.05, 4.69) is 5.32 Å². The molecule has 2 N–H and O–H groups in total. The lowest BCUT2D eigenvalue weighted by molar-refractivity contribution is 0.171. The summed E-state index contributed by atoms with van der Waals surface area (Å²) in [6, 6.07) is 4.03. The summed E-state index contributed by atoms with van der Waals surface area (Å²) in [6.45, 7) is 1.21. The standard InChI is InChI=1S/C12H15NO3/c14-11-8(9-3-1-2-6-13-9)4-5-10-12(11)16-7-15-10/h4-5,9,13-14H,1-3,6-7H2. The van der Waals surface area contributed by atoms with Crippen molar-refractivity contribution in [3.8, 4) is 17.2 Å². The van der Waals surface area contributed by atoms with Crippen LogP contribution in [0.1, 0.15) is 30.9 Å². The summed E-state index contributed by atoms with van der Waals surface area (Å²) in [5.74, 6) is 1.36.